The number of halogens is 3. The molecule has 3 aromatic carbocycles. The number of carbonyl (C=O) groups is 2. The van der Waals surface area contributed by atoms with E-state index in [2.05, 4.69) is 21.2 Å². The molecule has 0 radical (unpaired) electrons. The van der Waals surface area contributed by atoms with Crippen LogP contribution in [0.2, 0.25) is 0 Å². The molecule has 0 saturated heterocycles. The average Bonchev–Trinajstić information content (AvgIpc) is 2.69. The predicted octanol–water partition coefficient (Wildman–Crippen LogP) is 4.98. The molecule has 3 aromatic rings. The number of ether oxygens (including phenoxy) is 1. The Balaban J connectivity index is 1.57. The van der Waals surface area contributed by atoms with Gasteiger partial charge in [-0.2, -0.15) is 0 Å². The van der Waals surface area contributed by atoms with Crippen LogP contribution in [0.3, 0.4) is 0 Å². The van der Waals surface area contributed by atoms with Crippen molar-refractivity contribution < 1.29 is 23.1 Å². The Bertz CT molecular complexity index is 1010. The zero-order valence-corrected chi connectivity index (χ0v) is 16.0. The lowest BCUT2D eigenvalue weighted by atomic mass is 10.0. The summed E-state index contributed by atoms with van der Waals surface area (Å²) in [5.74, 6) is -1.38. The molecule has 4 nitrogen and oxygen atoms in total. The molecule has 0 heterocycles. The largest absolute Gasteiger partial charge is 0.484 e. The fourth-order valence-electron chi connectivity index (χ4n) is 2.40. The summed E-state index contributed by atoms with van der Waals surface area (Å²) < 4.78 is 32.6. The lowest BCUT2D eigenvalue weighted by Gasteiger charge is -2.09. The maximum atomic E-state index is 13.7. The molecule has 1 amide bonds. The molecule has 0 atom stereocenters. The average molecular weight is 446 g/mol. The number of rotatable bonds is 6. The number of carbonyl (C=O) groups excluding carboxylic acids is 2. The van der Waals surface area contributed by atoms with E-state index in [9.17, 15) is 18.4 Å². The van der Waals surface area contributed by atoms with E-state index >= 15 is 0 Å². The first-order chi connectivity index (χ1) is 13.4. The minimum absolute atomic E-state index is 0.0528. The maximum absolute atomic E-state index is 13.7. The highest BCUT2D eigenvalue weighted by Crippen LogP contribution is 2.20. The van der Waals surface area contributed by atoms with Crippen LogP contribution in [0.15, 0.2) is 71.2 Å². The van der Waals surface area contributed by atoms with Crippen LogP contribution in [0.4, 0.5) is 14.5 Å². The van der Waals surface area contributed by atoms with Gasteiger partial charge >= 0.3 is 0 Å². The Morgan fingerprint density at radius 3 is 2.11 bits per heavy atom. The fraction of sp³-hybridized carbons (Fsp3) is 0.0476. The zero-order chi connectivity index (χ0) is 20.1. The first-order valence-electron chi connectivity index (χ1n) is 8.20. The molecule has 0 bridgehead atoms. The summed E-state index contributed by atoms with van der Waals surface area (Å²) >= 11 is 3.14. The van der Waals surface area contributed by atoms with Gasteiger partial charge in [0, 0.05) is 15.6 Å². The van der Waals surface area contributed by atoms with Crippen LogP contribution in [-0.2, 0) is 4.79 Å². The van der Waals surface area contributed by atoms with Gasteiger partial charge in [0.25, 0.3) is 5.91 Å². The van der Waals surface area contributed by atoms with Crippen molar-refractivity contribution in [2.75, 3.05) is 11.9 Å². The molecule has 0 unspecified atom stereocenters. The molecule has 0 fully saturated rings. The fourth-order valence-corrected chi connectivity index (χ4v) is 2.73. The molecule has 0 aliphatic heterocycles. The Hall–Kier alpha value is -3.06. The normalized spacial score (nSPS) is 10.4. The van der Waals surface area contributed by atoms with Crippen molar-refractivity contribution in [3.8, 4) is 5.75 Å². The van der Waals surface area contributed by atoms with Crippen LogP contribution in [0, 0.1) is 11.6 Å². The van der Waals surface area contributed by atoms with Gasteiger partial charge in [-0.3, -0.25) is 9.59 Å². The third-order valence-corrected chi connectivity index (χ3v) is 4.29. The van der Waals surface area contributed by atoms with Gasteiger partial charge in [0.1, 0.15) is 17.4 Å². The van der Waals surface area contributed by atoms with E-state index in [-0.39, 0.29) is 18.1 Å². The topological polar surface area (TPSA) is 55.4 Å². The second kappa shape index (κ2) is 8.75. The summed E-state index contributed by atoms with van der Waals surface area (Å²) in [6.07, 6.45) is 0. The number of ketones is 1. The SMILES string of the molecule is O=C(COc1ccc(C(=O)c2ccc(F)cc2)cc1)Nc1ccc(Br)cc1F. The smallest absolute Gasteiger partial charge is 0.262 e. The summed E-state index contributed by atoms with van der Waals surface area (Å²) in [4.78, 5) is 24.2. The third-order valence-electron chi connectivity index (χ3n) is 3.80. The van der Waals surface area contributed by atoms with Crippen molar-refractivity contribution in [2.24, 2.45) is 0 Å². The van der Waals surface area contributed by atoms with E-state index in [1.807, 2.05) is 0 Å². The molecule has 3 rings (SSSR count). The highest BCUT2D eigenvalue weighted by Gasteiger charge is 2.11. The Morgan fingerprint density at radius 1 is 0.893 bits per heavy atom. The van der Waals surface area contributed by atoms with Gasteiger partial charge in [0.15, 0.2) is 12.4 Å². The number of nitrogens with one attached hydrogen (secondary N) is 1. The van der Waals surface area contributed by atoms with E-state index in [0.717, 1.165) is 0 Å². The molecule has 1 N–H and O–H groups in total. The summed E-state index contributed by atoms with van der Waals surface area (Å²) in [6, 6.07) is 15.7. The van der Waals surface area contributed by atoms with Crippen LogP contribution in [-0.4, -0.2) is 18.3 Å². The lowest BCUT2D eigenvalue weighted by molar-refractivity contribution is -0.118. The number of hydrogen-bond donors (Lipinski definition) is 1. The molecule has 28 heavy (non-hydrogen) atoms. The van der Waals surface area contributed by atoms with Crippen molar-refractivity contribution in [1.82, 2.24) is 0 Å². The van der Waals surface area contributed by atoms with Gasteiger partial charge in [-0.15, -0.1) is 0 Å². The molecule has 0 aromatic heterocycles. The monoisotopic (exact) mass is 445 g/mol. The minimum Gasteiger partial charge on any atom is -0.484 e. The first-order valence-corrected chi connectivity index (χ1v) is 9.00. The van der Waals surface area contributed by atoms with Crippen molar-refractivity contribution in [2.45, 2.75) is 0 Å². The van der Waals surface area contributed by atoms with Gasteiger partial charge < -0.3 is 10.1 Å². The van der Waals surface area contributed by atoms with Crippen molar-refractivity contribution in [3.05, 3.63) is 94.0 Å². The lowest BCUT2D eigenvalue weighted by Crippen LogP contribution is -2.20. The second-order valence-corrected chi connectivity index (χ2v) is 6.74. The van der Waals surface area contributed by atoms with Crippen LogP contribution >= 0.6 is 15.9 Å². The zero-order valence-electron chi connectivity index (χ0n) is 14.4. The summed E-state index contributed by atoms with van der Waals surface area (Å²) in [5.41, 5.74) is 0.823. The van der Waals surface area contributed by atoms with Crippen LogP contribution in [0.1, 0.15) is 15.9 Å². The number of benzene rings is 3. The minimum atomic E-state index is -0.564. The molecular weight excluding hydrogens is 432 g/mol. The highest BCUT2D eigenvalue weighted by atomic mass is 79.9. The van der Waals surface area contributed by atoms with E-state index in [0.29, 0.717) is 21.3 Å². The first kappa shape index (κ1) is 19.7. The van der Waals surface area contributed by atoms with Gasteiger partial charge in [-0.05, 0) is 66.7 Å². The van der Waals surface area contributed by atoms with Gasteiger partial charge in [0.05, 0.1) is 5.69 Å². The number of hydrogen-bond acceptors (Lipinski definition) is 3. The van der Waals surface area contributed by atoms with Gasteiger partial charge in [-0.1, -0.05) is 15.9 Å². The van der Waals surface area contributed by atoms with Gasteiger partial charge in [-0.25, -0.2) is 8.78 Å². The van der Waals surface area contributed by atoms with Crippen molar-refractivity contribution >= 4 is 33.3 Å². The number of anilines is 1. The third kappa shape index (κ3) is 5.01. The maximum Gasteiger partial charge on any atom is 0.262 e. The predicted molar refractivity (Wildman–Crippen MR) is 104 cm³/mol. The summed E-state index contributed by atoms with van der Waals surface area (Å²) in [7, 11) is 0. The van der Waals surface area contributed by atoms with Gasteiger partial charge in [0.2, 0.25) is 0 Å². The van der Waals surface area contributed by atoms with Crippen molar-refractivity contribution in [1.29, 1.82) is 0 Å². The molecular formula is C21H14BrF2NO3. The Kier molecular flexibility index (Phi) is 6.16. The summed E-state index contributed by atoms with van der Waals surface area (Å²) in [5, 5.41) is 2.42. The van der Waals surface area contributed by atoms with Crippen molar-refractivity contribution in [3.63, 3.8) is 0 Å². The standard InChI is InChI=1S/C21H14BrF2NO3/c22-15-5-10-19(18(24)11-15)25-20(26)12-28-17-8-3-14(4-9-17)21(27)13-1-6-16(23)7-2-13/h1-11H,12H2,(H,25,26). The highest BCUT2D eigenvalue weighted by molar-refractivity contribution is 9.10. The van der Waals surface area contributed by atoms with E-state index in [1.165, 1.54) is 36.4 Å². The van der Waals surface area contributed by atoms with Crippen LogP contribution in [0.25, 0.3) is 0 Å². The molecule has 0 aliphatic rings. The van der Waals surface area contributed by atoms with E-state index < -0.39 is 17.5 Å². The molecule has 0 aliphatic carbocycles. The molecule has 0 spiro atoms. The quantitative estimate of drug-likeness (QED) is 0.544. The van der Waals surface area contributed by atoms with E-state index in [4.69, 9.17) is 4.74 Å². The number of amides is 1. The van der Waals surface area contributed by atoms with Crippen LogP contribution < -0.4 is 10.1 Å². The van der Waals surface area contributed by atoms with Crippen LogP contribution in [0.5, 0.6) is 5.75 Å². The van der Waals surface area contributed by atoms with E-state index in [1.54, 1.807) is 30.3 Å². The Morgan fingerprint density at radius 2 is 1.50 bits per heavy atom. The Labute approximate surface area is 168 Å². The molecule has 7 heteroatoms. The molecule has 0 saturated carbocycles. The second-order valence-electron chi connectivity index (χ2n) is 5.82. The summed E-state index contributed by atoms with van der Waals surface area (Å²) in [6.45, 7) is -0.319. The molecule has 142 valence electrons.